The van der Waals surface area contributed by atoms with Crippen molar-refractivity contribution in [3.8, 4) is 17.1 Å². The average Bonchev–Trinajstić information content (AvgIpc) is 3.60. The summed E-state index contributed by atoms with van der Waals surface area (Å²) in [5, 5.41) is 0. The van der Waals surface area contributed by atoms with E-state index in [0.29, 0.717) is 36.0 Å². The topological polar surface area (TPSA) is 128 Å². The number of aromatic nitrogens is 4. The SMILES string of the molecule is CCOc1ccc(S(=O)(=O)NCC2CCCO2)cc1-c1nc2c(C3CCCC3)nc(C)n2c(=O)[nH]1. The fourth-order valence-corrected chi connectivity index (χ4v) is 6.11. The van der Waals surface area contributed by atoms with Crippen LogP contribution in [0.1, 0.15) is 62.9 Å². The smallest absolute Gasteiger partial charge is 0.334 e. The van der Waals surface area contributed by atoms with Crippen LogP contribution in [0.15, 0.2) is 27.9 Å². The van der Waals surface area contributed by atoms with Gasteiger partial charge in [-0.3, -0.25) is 4.98 Å². The van der Waals surface area contributed by atoms with Crippen LogP contribution < -0.4 is 15.1 Å². The molecule has 10 nitrogen and oxygen atoms in total. The molecule has 1 aliphatic carbocycles. The van der Waals surface area contributed by atoms with E-state index in [1.54, 1.807) is 13.0 Å². The predicted octanol–water partition coefficient (Wildman–Crippen LogP) is 2.91. The summed E-state index contributed by atoms with van der Waals surface area (Å²) in [7, 11) is -3.80. The molecule has 188 valence electrons. The molecule has 0 spiro atoms. The van der Waals surface area contributed by atoms with Crippen molar-refractivity contribution < 1.29 is 17.9 Å². The van der Waals surface area contributed by atoms with Crippen molar-refractivity contribution in [1.29, 1.82) is 0 Å². The molecule has 1 saturated heterocycles. The number of aromatic amines is 1. The molecule has 2 aliphatic rings. The Morgan fingerprint density at radius 2 is 2.00 bits per heavy atom. The molecule has 2 aromatic heterocycles. The second-order valence-corrected chi connectivity index (χ2v) is 10.9. The van der Waals surface area contributed by atoms with Gasteiger partial charge in [0, 0.05) is 19.1 Å². The highest BCUT2D eigenvalue weighted by atomic mass is 32.2. The molecular weight excluding hydrogens is 470 g/mol. The summed E-state index contributed by atoms with van der Waals surface area (Å²) in [5.41, 5.74) is 1.38. The summed E-state index contributed by atoms with van der Waals surface area (Å²) in [6.07, 6.45) is 5.94. The molecular formula is C24H31N5O5S. The molecule has 2 fully saturated rings. The van der Waals surface area contributed by atoms with E-state index in [1.807, 2.05) is 6.92 Å². The molecule has 3 heterocycles. The highest BCUT2D eigenvalue weighted by molar-refractivity contribution is 7.89. The van der Waals surface area contributed by atoms with Crippen molar-refractivity contribution in [3.05, 3.63) is 40.2 Å². The number of imidazole rings is 1. The molecule has 11 heteroatoms. The van der Waals surface area contributed by atoms with E-state index in [9.17, 15) is 13.2 Å². The lowest BCUT2D eigenvalue weighted by molar-refractivity contribution is 0.114. The van der Waals surface area contributed by atoms with Gasteiger partial charge in [-0.25, -0.2) is 32.3 Å². The number of hydrogen-bond donors (Lipinski definition) is 2. The van der Waals surface area contributed by atoms with Gasteiger partial charge in [-0.05, 0) is 57.7 Å². The summed E-state index contributed by atoms with van der Waals surface area (Å²) in [6, 6.07) is 4.59. The van der Waals surface area contributed by atoms with Crippen LogP contribution in [-0.2, 0) is 14.8 Å². The van der Waals surface area contributed by atoms with Gasteiger partial charge in [0.2, 0.25) is 10.0 Å². The first kappa shape index (κ1) is 24.0. The van der Waals surface area contributed by atoms with Crippen molar-refractivity contribution in [3.63, 3.8) is 0 Å². The number of rotatable bonds is 8. The van der Waals surface area contributed by atoms with E-state index < -0.39 is 10.0 Å². The number of nitrogens with zero attached hydrogens (tertiary/aromatic N) is 3. The van der Waals surface area contributed by atoms with Crippen LogP contribution in [0.5, 0.6) is 5.75 Å². The third-order valence-corrected chi connectivity index (χ3v) is 8.20. The molecule has 35 heavy (non-hydrogen) atoms. The largest absolute Gasteiger partial charge is 0.493 e. The summed E-state index contributed by atoms with van der Waals surface area (Å²) in [5.74, 6) is 1.54. The van der Waals surface area contributed by atoms with Gasteiger partial charge in [0.05, 0.1) is 28.9 Å². The van der Waals surface area contributed by atoms with E-state index in [1.165, 1.54) is 16.5 Å². The number of ether oxygens (including phenoxy) is 2. The van der Waals surface area contributed by atoms with Crippen molar-refractivity contribution in [1.82, 2.24) is 24.1 Å². The summed E-state index contributed by atoms with van der Waals surface area (Å²) < 4.78 is 41.5. The van der Waals surface area contributed by atoms with E-state index >= 15 is 0 Å². The molecule has 1 unspecified atom stereocenters. The Labute approximate surface area is 204 Å². The average molecular weight is 502 g/mol. The van der Waals surface area contributed by atoms with Crippen molar-refractivity contribution in [2.45, 2.75) is 69.3 Å². The van der Waals surface area contributed by atoms with Gasteiger partial charge in [0.25, 0.3) is 0 Å². The minimum absolute atomic E-state index is 0.0668. The van der Waals surface area contributed by atoms with Gasteiger partial charge in [-0.2, -0.15) is 0 Å². The number of H-pyrrole nitrogens is 1. The van der Waals surface area contributed by atoms with Gasteiger partial charge in [0.1, 0.15) is 17.4 Å². The van der Waals surface area contributed by atoms with Crippen molar-refractivity contribution in [2.75, 3.05) is 19.8 Å². The summed E-state index contributed by atoms with van der Waals surface area (Å²) >= 11 is 0. The molecule has 3 aromatic rings. The van der Waals surface area contributed by atoms with Crippen LogP contribution in [0, 0.1) is 6.92 Å². The first-order valence-electron chi connectivity index (χ1n) is 12.2. The maximum atomic E-state index is 13.1. The van der Waals surface area contributed by atoms with Crippen LogP contribution in [0.4, 0.5) is 0 Å². The number of aryl methyl sites for hydroxylation is 1. The van der Waals surface area contributed by atoms with Crippen LogP contribution in [0.25, 0.3) is 17.0 Å². The molecule has 1 aromatic carbocycles. The van der Waals surface area contributed by atoms with Crippen LogP contribution >= 0.6 is 0 Å². The van der Waals surface area contributed by atoms with E-state index in [-0.39, 0.29) is 35.0 Å². The molecule has 1 saturated carbocycles. The Morgan fingerprint density at radius 1 is 1.20 bits per heavy atom. The molecule has 0 bridgehead atoms. The van der Waals surface area contributed by atoms with Gasteiger partial charge in [0.15, 0.2) is 5.65 Å². The quantitative estimate of drug-likeness (QED) is 0.486. The zero-order valence-corrected chi connectivity index (χ0v) is 20.9. The first-order chi connectivity index (χ1) is 16.9. The Morgan fingerprint density at radius 3 is 2.71 bits per heavy atom. The second-order valence-electron chi connectivity index (χ2n) is 9.15. The lowest BCUT2D eigenvalue weighted by Crippen LogP contribution is -2.31. The molecule has 0 radical (unpaired) electrons. The standard InChI is InChI=1S/C24H31N5O5S/c1-3-33-20-11-10-18(35(31,32)25-14-17-9-6-12-34-17)13-19(20)22-27-23-21(16-7-4-5-8-16)26-15(2)29(23)24(30)28-22/h10-11,13,16-17,25H,3-9,12,14H2,1-2H3,(H,27,28,30). The van der Waals surface area contributed by atoms with Crippen LogP contribution in [0.3, 0.4) is 0 Å². The Hall–Kier alpha value is -2.76. The number of sulfonamides is 1. The molecule has 1 aliphatic heterocycles. The fourth-order valence-electron chi connectivity index (χ4n) is 5.02. The Kier molecular flexibility index (Phi) is 6.65. The van der Waals surface area contributed by atoms with Gasteiger partial charge >= 0.3 is 5.69 Å². The van der Waals surface area contributed by atoms with E-state index in [4.69, 9.17) is 14.5 Å². The third kappa shape index (κ3) is 4.72. The number of nitrogens with one attached hydrogen (secondary N) is 2. The maximum absolute atomic E-state index is 13.1. The first-order valence-corrected chi connectivity index (χ1v) is 13.7. The molecule has 1 atom stereocenters. The zero-order chi connectivity index (χ0) is 24.6. The normalized spacial score (nSPS) is 19.1. The van der Waals surface area contributed by atoms with Gasteiger partial charge in [-0.1, -0.05) is 12.8 Å². The zero-order valence-electron chi connectivity index (χ0n) is 20.0. The van der Waals surface area contributed by atoms with Gasteiger partial charge < -0.3 is 9.47 Å². The third-order valence-electron chi connectivity index (χ3n) is 6.78. The fraction of sp³-hybridized carbons (Fsp3) is 0.542. The number of hydrogen-bond acceptors (Lipinski definition) is 7. The maximum Gasteiger partial charge on any atom is 0.334 e. The highest BCUT2D eigenvalue weighted by Crippen LogP contribution is 2.36. The number of fused-ring (bicyclic) bond motifs is 1. The number of benzene rings is 1. The van der Waals surface area contributed by atoms with Crippen molar-refractivity contribution in [2.24, 2.45) is 0 Å². The van der Waals surface area contributed by atoms with Gasteiger partial charge in [-0.15, -0.1) is 0 Å². The summed E-state index contributed by atoms with van der Waals surface area (Å²) in [4.78, 5) is 25.4. The minimum atomic E-state index is -3.80. The lowest BCUT2D eigenvalue weighted by Gasteiger charge is -2.14. The predicted molar refractivity (Wildman–Crippen MR) is 130 cm³/mol. The Balaban J connectivity index is 1.57. The lowest BCUT2D eigenvalue weighted by atomic mass is 10.0. The highest BCUT2D eigenvalue weighted by Gasteiger charge is 2.26. The van der Waals surface area contributed by atoms with Crippen LogP contribution in [-0.4, -0.2) is 53.6 Å². The molecule has 0 amide bonds. The minimum Gasteiger partial charge on any atom is -0.493 e. The van der Waals surface area contributed by atoms with Crippen LogP contribution in [0.2, 0.25) is 0 Å². The monoisotopic (exact) mass is 501 g/mol. The van der Waals surface area contributed by atoms with E-state index in [2.05, 4.69) is 14.7 Å². The Bertz CT molecular complexity index is 1390. The van der Waals surface area contributed by atoms with Crippen molar-refractivity contribution >= 4 is 15.7 Å². The second kappa shape index (κ2) is 9.71. The summed E-state index contributed by atoms with van der Waals surface area (Å²) in [6.45, 7) is 4.88. The molecule has 5 rings (SSSR count). The van der Waals surface area contributed by atoms with E-state index in [0.717, 1.165) is 44.2 Å². The molecule has 2 N–H and O–H groups in total.